The first-order valence-electron chi connectivity index (χ1n) is 10.5. The number of carbonyl (C=O) groups is 1. The fraction of sp³-hybridized carbons (Fsp3) is 0.222. The zero-order valence-corrected chi connectivity index (χ0v) is 17.1. The molecule has 0 aliphatic carbocycles. The van der Waals surface area contributed by atoms with E-state index in [4.69, 9.17) is 0 Å². The molecule has 3 heteroatoms. The van der Waals surface area contributed by atoms with E-state index in [0.29, 0.717) is 5.56 Å². The Hall–Kier alpha value is -3.17. The molecule has 3 aromatic rings. The van der Waals surface area contributed by atoms with Crippen LogP contribution in [0.4, 0.5) is 0 Å². The third kappa shape index (κ3) is 3.69. The molecule has 0 spiro atoms. The fourth-order valence-electron chi connectivity index (χ4n) is 4.62. The van der Waals surface area contributed by atoms with E-state index in [1.54, 1.807) is 0 Å². The van der Waals surface area contributed by atoms with E-state index in [9.17, 15) is 9.90 Å². The molecule has 0 atom stereocenters. The van der Waals surface area contributed by atoms with Crippen molar-refractivity contribution < 1.29 is 9.90 Å². The van der Waals surface area contributed by atoms with Crippen LogP contribution in [0.3, 0.4) is 0 Å². The molecule has 152 valence electrons. The van der Waals surface area contributed by atoms with Crippen molar-refractivity contribution in [2.75, 3.05) is 13.1 Å². The van der Waals surface area contributed by atoms with Crippen LogP contribution < -0.4 is 0 Å². The van der Waals surface area contributed by atoms with Gasteiger partial charge in [-0.1, -0.05) is 91.5 Å². The number of hydrogen-bond donors (Lipinski definition) is 1. The molecule has 3 aromatic carbocycles. The number of rotatable bonds is 6. The standard InChI is InChI=1S/C27H27NO2/c1-21(26-15-9-8-10-22(26)20-29)28-18-16-25(17-19-28)27(30,23-11-4-2-5-12-23)24-13-6-3-7-14-24/h2-15,20,25,30H,1,16-19H2. The molecule has 0 amide bonds. The van der Waals surface area contributed by atoms with Crippen LogP contribution >= 0.6 is 0 Å². The Balaban J connectivity index is 1.58. The molecule has 1 fully saturated rings. The predicted octanol–water partition coefficient (Wildman–Crippen LogP) is 5.12. The monoisotopic (exact) mass is 397 g/mol. The van der Waals surface area contributed by atoms with E-state index in [1.807, 2.05) is 84.9 Å². The van der Waals surface area contributed by atoms with Gasteiger partial charge in [0.1, 0.15) is 5.60 Å². The van der Waals surface area contributed by atoms with Gasteiger partial charge in [0.15, 0.2) is 6.29 Å². The van der Waals surface area contributed by atoms with Crippen molar-refractivity contribution in [3.63, 3.8) is 0 Å². The number of likely N-dealkylation sites (tertiary alicyclic amines) is 1. The van der Waals surface area contributed by atoms with Gasteiger partial charge in [-0.15, -0.1) is 0 Å². The van der Waals surface area contributed by atoms with Crippen molar-refractivity contribution in [2.45, 2.75) is 18.4 Å². The van der Waals surface area contributed by atoms with Crippen LogP contribution in [-0.2, 0) is 5.60 Å². The van der Waals surface area contributed by atoms with Crippen molar-refractivity contribution in [2.24, 2.45) is 5.92 Å². The lowest BCUT2D eigenvalue weighted by Gasteiger charge is -2.43. The van der Waals surface area contributed by atoms with Crippen LogP contribution in [0.25, 0.3) is 5.70 Å². The summed E-state index contributed by atoms with van der Waals surface area (Å²) in [5, 5.41) is 12.0. The van der Waals surface area contributed by atoms with Gasteiger partial charge in [0.25, 0.3) is 0 Å². The summed E-state index contributed by atoms with van der Waals surface area (Å²) in [6.45, 7) is 5.85. The summed E-state index contributed by atoms with van der Waals surface area (Å²) in [5.74, 6) is 0.0904. The van der Waals surface area contributed by atoms with Crippen molar-refractivity contribution >= 4 is 12.0 Å². The Bertz CT molecular complexity index is 966. The minimum Gasteiger partial charge on any atom is -0.380 e. The van der Waals surface area contributed by atoms with Gasteiger partial charge >= 0.3 is 0 Å². The van der Waals surface area contributed by atoms with Gasteiger partial charge in [0.2, 0.25) is 0 Å². The number of benzene rings is 3. The first-order valence-corrected chi connectivity index (χ1v) is 10.5. The molecule has 0 unspecified atom stereocenters. The van der Waals surface area contributed by atoms with Crippen LogP contribution in [0, 0.1) is 5.92 Å². The number of nitrogens with zero attached hydrogens (tertiary/aromatic N) is 1. The van der Waals surface area contributed by atoms with Crippen LogP contribution in [0.1, 0.15) is 39.9 Å². The molecule has 0 bridgehead atoms. The van der Waals surface area contributed by atoms with Crippen LogP contribution in [0.2, 0.25) is 0 Å². The van der Waals surface area contributed by atoms with E-state index in [-0.39, 0.29) is 5.92 Å². The number of piperidine rings is 1. The summed E-state index contributed by atoms with van der Waals surface area (Å²) < 4.78 is 0. The number of aldehydes is 1. The molecule has 1 aliphatic rings. The molecule has 1 saturated heterocycles. The minimum atomic E-state index is -1.03. The Morgan fingerprint density at radius 2 is 1.37 bits per heavy atom. The van der Waals surface area contributed by atoms with Gasteiger partial charge in [-0.2, -0.15) is 0 Å². The molecule has 4 rings (SSSR count). The number of aliphatic hydroxyl groups is 1. The van der Waals surface area contributed by atoms with Crippen molar-refractivity contribution in [1.29, 1.82) is 0 Å². The van der Waals surface area contributed by atoms with Gasteiger partial charge in [0.05, 0.1) is 0 Å². The van der Waals surface area contributed by atoms with Gasteiger partial charge in [-0.25, -0.2) is 0 Å². The number of carbonyl (C=O) groups excluding carboxylic acids is 1. The first kappa shape index (κ1) is 20.1. The summed E-state index contributed by atoms with van der Waals surface area (Å²) in [7, 11) is 0. The molecule has 0 radical (unpaired) electrons. The Morgan fingerprint density at radius 1 is 0.867 bits per heavy atom. The average Bonchev–Trinajstić information content (AvgIpc) is 2.84. The normalized spacial score (nSPS) is 15.0. The van der Waals surface area contributed by atoms with Crippen LogP contribution in [0.15, 0.2) is 91.5 Å². The molecular formula is C27H27NO2. The van der Waals surface area contributed by atoms with Gasteiger partial charge in [0, 0.05) is 29.9 Å². The van der Waals surface area contributed by atoms with Crippen molar-refractivity contribution in [1.82, 2.24) is 4.90 Å². The molecular weight excluding hydrogens is 370 g/mol. The van der Waals surface area contributed by atoms with Gasteiger partial charge < -0.3 is 10.0 Å². The molecule has 1 heterocycles. The lowest BCUT2D eigenvalue weighted by molar-refractivity contribution is -0.00747. The Labute approximate surface area is 178 Å². The summed E-state index contributed by atoms with van der Waals surface area (Å²) >= 11 is 0. The van der Waals surface area contributed by atoms with E-state index in [2.05, 4.69) is 11.5 Å². The highest BCUT2D eigenvalue weighted by Crippen LogP contribution is 2.42. The lowest BCUT2D eigenvalue weighted by atomic mass is 9.72. The van der Waals surface area contributed by atoms with Crippen molar-refractivity contribution in [3.05, 3.63) is 114 Å². The summed E-state index contributed by atoms with van der Waals surface area (Å²) in [5.41, 5.74) is 3.25. The lowest BCUT2D eigenvalue weighted by Crippen LogP contribution is -2.43. The predicted molar refractivity (Wildman–Crippen MR) is 121 cm³/mol. The Morgan fingerprint density at radius 3 is 1.90 bits per heavy atom. The maximum Gasteiger partial charge on any atom is 0.150 e. The third-order valence-corrected chi connectivity index (χ3v) is 6.29. The van der Waals surface area contributed by atoms with Gasteiger partial charge in [-0.05, 0) is 29.9 Å². The topological polar surface area (TPSA) is 40.5 Å². The highest BCUT2D eigenvalue weighted by molar-refractivity contribution is 5.84. The quantitative estimate of drug-likeness (QED) is 0.587. The molecule has 0 saturated carbocycles. The molecule has 30 heavy (non-hydrogen) atoms. The van der Waals surface area contributed by atoms with E-state index in [0.717, 1.165) is 54.6 Å². The average molecular weight is 398 g/mol. The fourth-order valence-corrected chi connectivity index (χ4v) is 4.62. The largest absolute Gasteiger partial charge is 0.380 e. The molecule has 1 N–H and O–H groups in total. The summed E-state index contributed by atoms with van der Waals surface area (Å²) in [6.07, 6.45) is 2.56. The van der Waals surface area contributed by atoms with E-state index >= 15 is 0 Å². The van der Waals surface area contributed by atoms with Crippen molar-refractivity contribution in [3.8, 4) is 0 Å². The van der Waals surface area contributed by atoms with Gasteiger partial charge in [-0.3, -0.25) is 4.79 Å². The zero-order chi connectivity index (χ0) is 21.0. The zero-order valence-electron chi connectivity index (χ0n) is 17.1. The highest BCUT2D eigenvalue weighted by Gasteiger charge is 2.41. The Kier molecular flexibility index (Phi) is 5.82. The maximum absolute atomic E-state index is 12.0. The minimum absolute atomic E-state index is 0.0904. The SMILES string of the molecule is C=C(c1ccccc1C=O)N1CCC(C(O)(c2ccccc2)c2ccccc2)CC1. The second kappa shape index (κ2) is 8.68. The number of hydrogen-bond acceptors (Lipinski definition) is 3. The molecule has 0 aromatic heterocycles. The molecule has 3 nitrogen and oxygen atoms in total. The van der Waals surface area contributed by atoms with E-state index in [1.165, 1.54) is 0 Å². The summed E-state index contributed by atoms with van der Waals surface area (Å²) in [4.78, 5) is 13.7. The van der Waals surface area contributed by atoms with E-state index < -0.39 is 5.60 Å². The second-order valence-electron chi connectivity index (χ2n) is 7.91. The maximum atomic E-state index is 12.0. The second-order valence-corrected chi connectivity index (χ2v) is 7.91. The smallest absolute Gasteiger partial charge is 0.150 e. The highest BCUT2D eigenvalue weighted by atomic mass is 16.3. The first-order chi connectivity index (χ1) is 14.6. The van der Waals surface area contributed by atoms with Crippen LogP contribution in [-0.4, -0.2) is 29.4 Å². The summed E-state index contributed by atoms with van der Waals surface area (Å²) in [6, 6.07) is 27.5. The third-order valence-electron chi connectivity index (χ3n) is 6.29. The molecule has 1 aliphatic heterocycles. The van der Waals surface area contributed by atoms with Crippen LogP contribution in [0.5, 0.6) is 0 Å².